The number of hydrogen-bond acceptors (Lipinski definition) is 2. The van der Waals surface area contributed by atoms with Gasteiger partial charge in [0, 0.05) is 11.7 Å². The Labute approximate surface area is 175 Å². The predicted octanol–water partition coefficient (Wildman–Crippen LogP) is 6.18. The maximum Gasteiger partial charge on any atom is 0.322 e. The van der Waals surface area contributed by atoms with Crippen LogP contribution in [0.25, 0.3) is 0 Å². The van der Waals surface area contributed by atoms with Gasteiger partial charge in [-0.1, -0.05) is 64.1 Å². The lowest BCUT2D eigenvalue weighted by Crippen LogP contribution is -2.51. The van der Waals surface area contributed by atoms with Crippen molar-refractivity contribution in [2.75, 3.05) is 11.9 Å². The van der Waals surface area contributed by atoms with Gasteiger partial charge in [-0.3, -0.25) is 0 Å². The molecule has 0 radical (unpaired) electrons. The predicted molar refractivity (Wildman–Crippen MR) is 120 cm³/mol. The van der Waals surface area contributed by atoms with Gasteiger partial charge in [0.05, 0.1) is 6.04 Å². The first-order valence-corrected chi connectivity index (χ1v) is 10.7. The largest absolute Gasteiger partial charge is 0.491 e. The maximum atomic E-state index is 13.5. The standard InChI is InChI=1S/C25H34N2O2/c1-16(2)21-11-9-12-22(17(3)4)24(21)26-25(28)27(18(5)6)20-14-19-10-7-8-13-23(19)29-15-20/h7-13,16-18,20H,14-15H2,1-6H3,(H,26,28). The summed E-state index contributed by atoms with van der Waals surface area (Å²) >= 11 is 0. The topological polar surface area (TPSA) is 41.6 Å². The Morgan fingerprint density at radius 3 is 2.17 bits per heavy atom. The lowest BCUT2D eigenvalue weighted by molar-refractivity contribution is 0.119. The van der Waals surface area contributed by atoms with Crippen LogP contribution in [0, 0.1) is 0 Å². The van der Waals surface area contributed by atoms with E-state index < -0.39 is 0 Å². The van der Waals surface area contributed by atoms with Crippen molar-refractivity contribution in [1.82, 2.24) is 4.90 Å². The van der Waals surface area contributed by atoms with Gasteiger partial charge >= 0.3 is 6.03 Å². The molecule has 1 atom stereocenters. The Morgan fingerprint density at radius 1 is 0.966 bits per heavy atom. The van der Waals surface area contributed by atoms with Crippen molar-refractivity contribution >= 4 is 11.7 Å². The van der Waals surface area contributed by atoms with E-state index in [1.54, 1.807) is 0 Å². The highest BCUT2D eigenvalue weighted by atomic mass is 16.5. The highest BCUT2D eigenvalue weighted by molar-refractivity contribution is 5.92. The molecule has 1 aliphatic heterocycles. The summed E-state index contributed by atoms with van der Waals surface area (Å²) in [6.45, 7) is 13.3. The molecule has 29 heavy (non-hydrogen) atoms. The van der Waals surface area contributed by atoms with E-state index in [4.69, 9.17) is 4.74 Å². The first-order valence-electron chi connectivity index (χ1n) is 10.7. The summed E-state index contributed by atoms with van der Waals surface area (Å²) in [4.78, 5) is 15.4. The normalized spacial score (nSPS) is 16.0. The molecule has 0 aliphatic carbocycles. The molecule has 0 spiro atoms. The zero-order valence-electron chi connectivity index (χ0n) is 18.5. The van der Waals surface area contributed by atoms with Crippen LogP contribution in [0.1, 0.15) is 70.1 Å². The fourth-order valence-corrected chi connectivity index (χ4v) is 4.18. The molecule has 156 valence electrons. The first-order chi connectivity index (χ1) is 13.8. The summed E-state index contributed by atoms with van der Waals surface area (Å²) in [5, 5.41) is 3.28. The van der Waals surface area contributed by atoms with E-state index in [1.807, 2.05) is 23.1 Å². The van der Waals surface area contributed by atoms with E-state index in [2.05, 4.69) is 71.1 Å². The summed E-state index contributed by atoms with van der Waals surface area (Å²) < 4.78 is 5.97. The van der Waals surface area contributed by atoms with Crippen molar-refractivity contribution in [3.63, 3.8) is 0 Å². The molecule has 0 bridgehead atoms. The van der Waals surface area contributed by atoms with Crippen molar-refractivity contribution < 1.29 is 9.53 Å². The average Bonchev–Trinajstić information content (AvgIpc) is 2.67. The van der Waals surface area contributed by atoms with Crippen LogP contribution in [-0.2, 0) is 6.42 Å². The lowest BCUT2D eigenvalue weighted by atomic mass is 9.92. The molecule has 4 nitrogen and oxygen atoms in total. The van der Waals surface area contributed by atoms with Crippen LogP contribution in [0.2, 0.25) is 0 Å². The second kappa shape index (κ2) is 8.89. The molecule has 0 saturated heterocycles. The fourth-order valence-electron chi connectivity index (χ4n) is 4.18. The minimum absolute atomic E-state index is 0.0126. The molecule has 0 fully saturated rings. The second-order valence-corrected chi connectivity index (χ2v) is 8.83. The van der Waals surface area contributed by atoms with Gasteiger partial charge in [-0.05, 0) is 54.9 Å². The van der Waals surface area contributed by atoms with Gasteiger partial charge < -0.3 is 15.0 Å². The lowest BCUT2D eigenvalue weighted by Gasteiger charge is -2.38. The monoisotopic (exact) mass is 394 g/mol. The van der Waals surface area contributed by atoms with Crippen LogP contribution < -0.4 is 10.1 Å². The highest BCUT2D eigenvalue weighted by Gasteiger charge is 2.31. The number of nitrogens with one attached hydrogen (secondary N) is 1. The number of carbonyl (C=O) groups excluding carboxylic acids is 1. The number of amides is 2. The van der Waals surface area contributed by atoms with Gasteiger partial charge in [0.1, 0.15) is 12.4 Å². The van der Waals surface area contributed by atoms with Crippen LogP contribution in [-0.4, -0.2) is 29.6 Å². The van der Waals surface area contributed by atoms with Gasteiger partial charge in [-0.15, -0.1) is 0 Å². The molecule has 1 unspecified atom stereocenters. The van der Waals surface area contributed by atoms with Crippen molar-refractivity contribution in [2.24, 2.45) is 0 Å². The van der Waals surface area contributed by atoms with E-state index in [9.17, 15) is 4.79 Å². The summed E-state index contributed by atoms with van der Waals surface area (Å²) in [5.74, 6) is 1.60. The highest BCUT2D eigenvalue weighted by Crippen LogP contribution is 2.33. The Bertz CT molecular complexity index is 831. The number of para-hydroxylation sites is 2. The molecule has 2 aromatic rings. The van der Waals surface area contributed by atoms with Gasteiger partial charge in [0.25, 0.3) is 0 Å². The molecule has 3 rings (SSSR count). The zero-order valence-corrected chi connectivity index (χ0v) is 18.5. The number of rotatable bonds is 5. The third kappa shape index (κ3) is 4.58. The van der Waals surface area contributed by atoms with Crippen molar-refractivity contribution in [2.45, 2.75) is 71.9 Å². The molecule has 1 aliphatic rings. The maximum absolute atomic E-state index is 13.5. The Hall–Kier alpha value is -2.49. The quantitative estimate of drug-likeness (QED) is 0.658. The van der Waals surface area contributed by atoms with Crippen LogP contribution >= 0.6 is 0 Å². The van der Waals surface area contributed by atoms with Crippen molar-refractivity contribution in [1.29, 1.82) is 0 Å². The van der Waals surface area contributed by atoms with Crippen LogP contribution in [0.3, 0.4) is 0 Å². The van der Waals surface area contributed by atoms with Crippen LogP contribution in [0.4, 0.5) is 10.5 Å². The van der Waals surface area contributed by atoms with Gasteiger partial charge in [0.2, 0.25) is 0 Å². The molecule has 1 heterocycles. The average molecular weight is 395 g/mol. The number of anilines is 1. The minimum Gasteiger partial charge on any atom is -0.491 e. The molecule has 2 amide bonds. The smallest absolute Gasteiger partial charge is 0.322 e. The van der Waals surface area contributed by atoms with Crippen molar-refractivity contribution in [3.05, 3.63) is 59.2 Å². The minimum atomic E-state index is -0.0528. The second-order valence-electron chi connectivity index (χ2n) is 8.83. The summed E-state index contributed by atoms with van der Waals surface area (Å²) in [7, 11) is 0. The molecular formula is C25H34N2O2. The molecule has 0 saturated carbocycles. The number of nitrogens with zero attached hydrogens (tertiary/aromatic N) is 1. The molecule has 2 aromatic carbocycles. The van der Waals surface area contributed by atoms with E-state index in [0.717, 1.165) is 23.4 Å². The number of urea groups is 1. The van der Waals surface area contributed by atoms with Crippen LogP contribution in [0.5, 0.6) is 5.75 Å². The van der Waals surface area contributed by atoms with E-state index in [1.165, 1.54) is 11.1 Å². The molecular weight excluding hydrogens is 360 g/mol. The number of benzene rings is 2. The Balaban J connectivity index is 1.89. The summed E-state index contributed by atoms with van der Waals surface area (Å²) in [6.07, 6.45) is 0.810. The Morgan fingerprint density at radius 2 is 1.59 bits per heavy atom. The van der Waals surface area contributed by atoms with Gasteiger partial charge in [-0.2, -0.15) is 0 Å². The van der Waals surface area contributed by atoms with E-state index in [-0.39, 0.29) is 18.1 Å². The molecule has 4 heteroatoms. The molecule has 0 aromatic heterocycles. The first kappa shape index (κ1) is 21.2. The van der Waals surface area contributed by atoms with Crippen LogP contribution in [0.15, 0.2) is 42.5 Å². The van der Waals surface area contributed by atoms with Gasteiger partial charge in [-0.25, -0.2) is 4.79 Å². The third-order valence-corrected chi connectivity index (χ3v) is 5.65. The number of ether oxygens (including phenoxy) is 1. The van der Waals surface area contributed by atoms with Gasteiger partial charge in [0.15, 0.2) is 0 Å². The Kier molecular flexibility index (Phi) is 6.51. The van der Waals surface area contributed by atoms with E-state index >= 15 is 0 Å². The number of fused-ring (bicyclic) bond motifs is 1. The zero-order chi connectivity index (χ0) is 21.1. The summed E-state index contributed by atoms with van der Waals surface area (Å²) in [6, 6.07) is 14.5. The SMILES string of the molecule is CC(C)c1cccc(C(C)C)c1NC(=O)N(C(C)C)C1COc2ccccc2C1. The number of hydrogen-bond donors (Lipinski definition) is 1. The summed E-state index contributed by atoms with van der Waals surface area (Å²) in [5.41, 5.74) is 4.48. The number of carbonyl (C=O) groups is 1. The van der Waals surface area contributed by atoms with E-state index in [0.29, 0.717) is 18.4 Å². The fraction of sp³-hybridized carbons (Fsp3) is 0.480. The third-order valence-electron chi connectivity index (χ3n) is 5.65. The molecule has 1 N–H and O–H groups in total. The van der Waals surface area contributed by atoms with Crippen molar-refractivity contribution in [3.8, 4) is 5.75 Å².